The molecule has 32 heavy (non-hydrogen) atoms. The molecule has 1 atom stereocenters. The molecule has 3 aromatic carbocycles. The van der Waals surface area contributed by atoms with Gasteiger partial charge in [-0.15, -0.1) is 0 Å². The quantitative estimate of drug-likeness (QED) is 0.556. The van der Waals surface area contributed by atoms with Gasteiger partial charge in [0.2, 0.25) is 5.91 Å². The van der Waals surface area contributed by atoms with E-state index in [2.05, 4.69) is 0 Å². The summed E-state index contributed by atoms with van der Waals surface area (Å²) in [4.78, 5) is 41.8. The molecule has 4 rings (SSSR count). The molecule has 7 heteroatoms. The molecular formula is C25H21FN2O4. The SMILES string of the molecule is COc1ccc(CN(C(=O)c2ccccc2)C2CC(=O)N(c3ccc(F)cc3)C2=O)cc1. The zero-order chi connectivity index (χ0) is 22.7. The third kappa shape index (κ3) is 4.23. The summed E-state index contributed by atoms with van der Waals surface area (Å²) in [5.41, 5.74) is 1.48. The van der Waals surface area contributed by atoms with Crippen molar-refractivity contribution in [3.63, 3.8) is 0 Å². The Morgan fingerprint density at radius 1 is 1.00 bits per heavy atom. The van der Waals surface area contributed by atoms with E-state index in [0.717, 1.165) is 10.5 Å². The lowest BCUT2D eigenvalue weighted by Crippen LogP contribution is -2.45. The predicted molar refractivity (Wildman–Crippen MR) is 117 cm³/mol. The molecule has 0 saturated carbocycles. The van der Waals surface area contributed by atoms with Crippen LogP contribution >= 0.6 is 0 Å². The Balaban J connectivity index is 1.67. The normalized spacial score (nSPS) is 15.7. The van der Waals surface area contributed by atoms with Gasteiger partial charge in [-0.2, -0.15) is 0 Å². The van der Waals surface area contributed by atoms with Gasteiger partial charge in [-0.25, -0.2) is 9.29 Å². The van der Waals surface area contributed by atoms with Crippen molar-refractivity contribution in [2.45, 2.75) is 19.0 Å². The van der Waals surface area contributed by atoms with E-state index in [1.54, 1.807) is 49.6 Å². The Morgan fingerprint density at radius 3 is 2.28 bits per heavy atom. The molecule has 1 fully saturated rings. The second-order valence-corrected chi connectivity index (χ2v) is 7.41. The molecule has 0 bridgehead atoms. The van der Waals surface area contributed by atoms with Gasteiger partial charge in [-0.3, -0.25) is 14.4 Å². The highest BCUT2D eigenvalue weighted by Gasteiger charge is 2.44. The summed E-state index contributed by atoms with van der Waals surface area (Å²) in [7, 11) is 1.56. The minimum Gasteiger partial charge on any atom is -0.497 e. The minimum absolute atomic E-state index is 0.138. The van der Waals surface area contributed by atoms with E-state index in [4.69, 9.17) is 4.74 Å². The molecule has 1 saturated heterocycles. The van der Waals surface area contributed by atoms with Crippen LogP contribution in [0.15, 0.2) is 78.9 Å². The number of carbonyl (C=O) groups is 3. The number of halogens is 1. The summed E-state index contributed by atoms with van der Waals surface area (Å²) in [5.74, 6) is -1.10. The fourth-order valence-electron chi connectivity index (χ4n) is 3.72. The van der Waals surface area contributed by atoms with Gasteiger partial charge in [0.15, 0.2) is 0 Å². The van der Waals surface area contributed by atoms with Crippen molar-refractivity contribution in [3.8, 4) is 5.75 Å². The van der Waals surface area contributed by atoms with Gasteiger partial charge in [0.1, 0.15) is 17.6 Å². The number of benzene rings is 3. The number of ether oxygens (including phenoxy) is 1. The summed E-state index contributed by atoms with van der Waals surface area (Å²) in [6.07, 6.45) is -0.148. The average molecular weight is 432 g/mol. The maximum atomic E-state index is 13.4. The predicted octanol–water partition coefficient (Wildman–Crippen LogP) is 3.81. The number of methoxy groups -OCH3 is 1. The van der Waals surface area contributed by atoms with Gasteiger partial charge in [-0.05, 0) is 54.1 Å². The molecule has 0 N–H and O–H groups in total. The minimum atomic E-state index is -0.970. The van der Waals surface area contributed by atoms with E-state index in [1.165, 1.54) is 29.2 Å². The van der Waals surface area contributed by atoms with Gasteiger partial charge < -0.3 is 9.64 Å². The molecule has 1 aliphatic rings. The molecule has 1 unspecified atom stereocenters. The summed E-state index contributed by atoms with van der Waals surface area (Å²) < 4.78 is 18.5. The van der Waals surface area contributed by atoms with Crippen LogP contribution in [0.4, 0.5) is 10.1 Å². The van der Waals surface area contributed by atoms with Gasteiger partial charge in [0.25, 0.3) is 11.8 Å². The smallest absolute Gasteiger partial charge is 0.257 e. The Morgan fingerprint density at radius 2 is 1.66 bits per heavy atom. The molecule has 1 heterocycles. The van der Waals surface area contributed by atoms with E-state index in [9.17, 15) is 18.8 Å². The highest BCUT2D eigenvalue weighted by atomic mass is 19.1. The molecule has 3 aromatic rings. The van der Waals surface area contributed by atoms with Crippen LogP contribution in [0.2, 0.25) is 0 Å². The number of amides is 3. The summed E-state index contributed by atoms with van der Waals surface area (Å²) in [6.45, 7) is 0.138. The lowest BCUT2D eigenvalue weighted by Gasteiger charge is -2.28. The van der Waals surface area contributed by atoms with Crippen molar-refractivity contribution in [1.29, 1.82) is 0 Å². The number of rotatable bonds is 6. The van der Waals surface area contributed by atoms with E-state index >= 15 is 0 Å². The largest absolute Gasteiger partial charge is 0.497 e. The first-order valence-electron chi connectivity index (χ1n) is 10.1. The molecular weight excluding hydrogens is 411 g/mol. The standard InChI is InChI=1S/C25H21FN2O4/c1-32-21-13-7-17(8-14-21)16-27(24(30)18-5-3-2-4-6-18)22-15-23(29)28(25(22)31)20-11-9-19(26)10-12-20/h2-14,22H,15-16H2,1H3. The Bertz CT molecular complexity index is 1130. The van der Waals surface area contributed by atoms with Crippen molar-refractivity contribution >= 4 is 23.4 Å². The van der Waals surface area contributed by atoms with E-state index in [0.29, 0.717) is 11.3 Å². The molecule has 0 aromatic heterocycles. The van der Waals surface area contributed by atoms with Gasteiger partial charge in [0, 0.05) is 12.1 Å². The van der Waals surface area contributed by atoms with Gasteiger partial charge in [0.05, 0.1) is 19.2 Å². The van der Waals surface area contributed by atoms with Crippen molar-refractivity contribution in [2.75, 3.05) is 12.0 Å². The van der Waals surface area contributed by atoms with Crippen LogP contribution in [0.5, 0.6) is 5.75 Å². The number of nitrogens with zero attached hydrogens (tertiary/aromatic N) is 2. The highest BCUT2D eigenvalue weighted by Crippen LogP contribution is 2.28. The first-order chi connectivity index (χ1) is 15.5. The van der Waals surface area contributed by atoms with Crippen LogP contribution in [-0.2, 0) is 16.1 Å². The first-order valence-corrected chi connectivity index (χ1v) is 10.1. The summed E-state index contributed by atoms with van der Waals surface area (Å²) in [6, 6.07) is 19.9. The first kappa shape index (κ1) is 21.2. The van der Waals surface area contributed by atoms with Crippen LogP contribution in [-0.4, -0.2) is 35.8 Å². The monoisotopic (exact) mass is 432 g/mol. The maximum absolute atomic E-state index is 13.4. The number of hydrogen-bond donors (Lipinski definition) is 0. The second-order valence-electron chi connectivity index (χ2n) is 7.41. The van der Waals surface area contributed by atoms with Crippen LogP contribution < -0.4 is 9.64 Å². The molecule has 0 radical (unpaired) electrons. The number of imide groups is 1. The summed E-state index contributed by atoms with van der Waals surface area (Å²) in [5, 5.41) is 0. The zero-order valence-corrected chi connectivity index (χ0v) is 17.4. The molecule has 0 spiro atoms. The maximum Gasteiger partial charge on any atom is 0.257 e. The van der Waals surface area contributed by atoms with Crippen LogP contribution in [0.1, 0.15) is 22.3 Å². The third-order valence-electron chi connectivity index (χ3n) is 5.38. The van der Waals surface area contributed by atoms with Crippen molar-refractivity contribution in [3.05, 3.63) is 95.8 Å². The Labute approximate surface area is 184 Å². The van der Waals surface area contributed by atoms with Crippen LogP contribution in [0.3, 0.4) is 0 Å². The molecule has 1 aliphatic heterocycles. The second kappa shape index (κ2) is 9.01. The molecule has 0 aliphatic carbocycles. The zero-order valence-electron chi connectivity index (χ0n) is 17.4. The van der Waals surface area contributed by atoms with Crippen LogP contribution in [0.25, 0.3) is 0 Å². The van der Waals surface area contributed by atoms with E-state index in [1.807, 2.05) is 12.1 Å². The number of carbonyl (C=O) groups excluding carboxylic acids is 3. The number of anilines is 1. The number of hydrogen-bond acceptors (Lipinski definition) is 4. The van der Waals surface area contributed by atoms with Crippen LogP contribution in [0, 0.1) is 5.82 Å². The van der Waals surface area contributed by atoms with Crippen molar-refractivity contribution in [1.82, 2.24) is 4.90 Å². The van der Waals surface area contributed by atoms with Gasteiger partial charge in [-0.1, -0.05) is 30.3 Å². The topological polar surface area (TPSA) is 66.9 Å². The highest BCUT2D eigenvalue weighted by molar-refractivity contribution is 6.23. The fraction of sp³-hybridized carbons (Fsp3) is 0.160. The molecule has 6 nitrogen and oxygen atoms in total. The Hall–Kier alpha value is -4.00. The molecule has 3 amide bonds. The third-order valence-corrected chi connectivity index (χ3v) is 5.38. The lowest BCUT2D eigenvalue weighted by molar-refractivity contribution is -0.122. The fourth-order valence-corrected chi connectivity index (χ4v) is 3.72. The van der Waals surface area contributed by atoms with Crippen molar-refractivity contribution < 1.29 is 23.5 Å². The average Bonchev–Trinajstić information content (AvgIpc) is 3.12. The van der Waals surface area contributed by atoms with E-state index in [-0.39, 0.29) is 24.6 Å². The van der Waals surface area contributed by atoms with Gasteiger partial charge >= 0.3 is 0 Å². The molecule has 162 valence electrons. The Kier molecular flexibility index (Phi) is 5.98. The lowest BCUT2D eigenvalue weighted by atomic mass is 10.1. The van der Waals surface area contributed by atoms with E-state index < -0.39 is 23.7 Å². The summed E-state index contributed by atoms with van der Waals surface area (Å²) >= 11 is 0. The van der Waals surface area contributed by atoms with Crippen molar-refractivity contribution in [2.24, 2.45) is 0 Å².